The van der Waals surface area contributed by atoms with Gasteiger partial charge >= 0.3 is 12.2 Å². The Balaban J connectivity index is 1.33. The highest BCUT2D eigenvalue weighted by molar-refractivity contribution is 6.01. The number of benzene rings is 1. The summed E-state index contributed by atoms with van der Waals surface area (Å²) in [6.45, 7) is 4.13. The third-order valence-electron chi connectivity index (χ3n) is 9.12. The maximum Gasteiger partial charge on any atom is 0.414 e. The van der Waals surface area contributed by atoms with E-state index in [1.54, 1.807) is 9.80 Å². The van der Waals surface area contributed by atoms with Crippen molar-refractivity contribution in [3.8, 4) is 0 Å². The molecule has 9 nitrogen and oxygen atoms in total. The van der Waals surface area contributed by atoms with Crippen molar-refractivity contribution in [1.29, 1.82) is 0 Å². The van der Waals surface area contributed by atoms with E-state index in [9.17, 15) is 9.59 Å². The zero-order chi connectivity index (χ0) is 26.2. The predicted octanol–water partition coefficient (Wildman–Crippen LogP) is 4.80. The standard InChI is InChI=1S/C29H42N4O5/c1-19-15-31(28(34)38-23-17-37-18-23)26-14-21(10-13-25(26)33(19)29(35)36-2)24-16-32(22-11-12-22)30-27(24)20-8-6-4-3-5-7-9-20/h10,13-14,19-20,22-24,27,30H,3-9,11-12,15-18H2,1-2H3/t19-,24?,27?/m0/s1. The minimum atomic E-state index is -0.415. The number of nitrogens with one attached hydrogen (secondary N) is 1. The third kappa shape index (κ3) is 5.12. The first kappa shape index (κ1) is 25.9. The fraction of sp³-hybridized carbons (Fsp3) is 0.724. The highest BCUT2D eigenvalue weighted by Gasteiger charge is 2.44. The molecule has 6 rings (SSSR count). The van der Waals surface area contributed by atoms with Crippen molar-refractivity contribution >= 4 is 23.6 Å². The van der Waals surface area contributed by atoms with Gasteiger partial charge in [0.25, 0.3) is 0 Å². The van der Waals surface area contributed by atoms with E-state index in [0.29, 0.717) is 49.4 Å². The normalized spacial score (nSPS) is 29.3. The van der Waals surface area contributed by atoms with Gasteiger partial charge in [0.2, 0.25) is 0 Å². The van der Waals surface area contributed by atoms with Gasteiger partial charge in [-0.2, -0.15) is 0 Å². The average Bonchev–Trinajstić information content (AvgIpc) is 3.63. The molecule has 2 saturated heterocycles. The van der Waals surface area contributed by atoms with Crippen molar-refractivity contribution in [2.75, 3.05) is 43.2 Å². The Hall–Kier alpha value is -2.36. The quantitative estimate of drug-likeness (QED) is 0.603. The first-order valence-corrected chi connectivity index (χ1v) is 14.6. The van der Waals surface area contributed by atoms with Gasteiger partial charge in [-0.25, -0.2) is 14.6 Å². The number of nitrogens with zero attached hydrogens (tertiary/aromatic N) is 3. The van der Waals surface area contributed by atoms with E-state index in [2.05, 4.69) is 22.6 Å². The summed E-state index contributed by atoms with van der Waals surface area (Å²) >= 11 is 0. The van der Waals surface area contributed by atoms with Crippen LogP contribution in [-0.2, 0) is 14.2 Å². The number of hydrazine groups is 1. The lowest BCUT2D eigenvalue weighted by molar-refractivity contribution is -0.0965. The maximum atomic E-state index is 13.3. The van der Waals surface area contributed by atoms with Gasteiger partial charge in [0.15, 0.2) is 6.10 Å². The van der Waals surface area contributed by atoms with Crippen LogP contribution in [0.25, 0.3) is 0 Å². The van der Waals surface area contributed by atoms with Crippen molar-refractivity contribution in [2.24, 2.45) is 5.92 Å². The number of anilines is 2. The van der Waals surface area contributed by atoms with Gasteiger partial charge in [0.05, 0.1) is 44.3 Å². The van der Waals surface area contributed by atoms with Crippen molar-refractivity contribution in [1.82, 2.24) is 10.4 Å². The molecule has 2 aliphatic carbocycles. The lowest BCUT2D eigenvalue weighted by Crippen LogP contribution is -2.53. The lowest BCUT2D eigenvalue weighted by Gasteiger charge is -2.41. The molecule has 38 heavy (non-hydrogen) atoms. The molecule has 1 aromatic carbocycles. The molecule has 3 aliphatic heterocycles. The van der Waals surface area contributed by atoms with Gasteiger partial charge in [0.1, 0.15) is 0 Å². The van der Waals surface area contributed by atoms with Gasteiger partial charge in [-0.3, -0.25) is 15.2 Å². The predicted molar refractivity (Wildman–Crippen MR) is 144 cm³/mol. The molecule has 0 aromatic heterocycles. The van der Waals surface area contributed by atoms with E-state index >= 15 is 0 Å². The largest absolute Gasteiger partial charge is 0.452 e. The monoisotopic (exact) mass is 526 g/mol. The molecular formula is C29H42N4O5. The van der Waals surface area contributed by atoms with Gasteiger partial charge < -0.3 is 14.2 Å². The molecule has 0 bridgehead atoms. The molecule has 1 N–H and O–H groups in total. The van der Waals surface area contributed by atoms with Crippen molar-refractivity contribution < 1.29 is 23.8 Å². The number of hydrogen-bond donors (Lipinski definition) is 1. The second kappa shape index (κ2) is 11.0. The number of carbonyl (C=O) groups is 2. The first-order valence-electron chi connectivity index (χ1n) is 14.6. The summed E-state index contributed by atoms with van der Waals surface area (Å²) in [6, 6.07) is 7.08. The molecule has 2 amide bonds. The van der Waals surface area contributed by atoms with E-state index in [0.717, 1.165) is 12.2 Å². The second-order valence-corrected chi connectivity index (χ2v) is 11.8. The Morgan fingerprint density at radius 2 is 1.68 bits per heavy atom. The van der Waals surface area contributed by atoms with Crippen LogP contribution in [0, 0.1) is 5.92 Å². The Morgan fingerprint density at radius 1 is 0.947 bits per heavy atom. The molecule has 0 spiro atoms. The molecule has 4 fully saturated rings. The summed E-state index contributed by atoms with van der Waals surface area (Å²) in [5.74, 6) is 0.973. The van der Waals surface area contributed by atoms with Gasteiger partial charge in [0, 0.05) is 24.5 Å². The molecule has 208 valence electrons. The number of rotatable bonds is 4. The van der Waals surface area contributed by atoms with Crippen LogP contribution >= 0.6 is 0 Å². The number of carbonyl (C=O) groups excluding carboxylic acids is 2. The van der Waals surface area contributed by atoms with Crippen molar-refractivity contribution in [3.05, 3.63) is 23.8 Å². The smallest absolute Gasteiger partial charge is 0.414 e. The van der Waals surface area contributed by atoms with Crippen molar-refractivity contribution in [3.63, 3.8) is 0 Å². The number of ether oxygens (including phenoxy) is 3. The molecule has 3 heterocycles. The highest BCUT2D eigenvalue weighted by atomic mass is 16.6. The summed E-state index contributed by atoms with van der Waals surface area (Å²) in [4.78, 5) is 29.4. The van der Waals surface area contributed by atoms with Crippen LogP contribution in [0.2, 0.25) is 0 Å². The summed E-state index contributed by atoms with van der Waals surface area (Å²) in [5.41, 5.74) is 6.57. The fourth-order valence-electron chi connectivity index (χ4n) is 6.80. The van der Waals surface area contributed by atoms with Crippen molar-refractivity contribution in [2.45, 2.75) is 94.9 Å². The minimum Gasteiger partial charge on any atom is -0.452 e. The Bertz CT molecular complexity index is 1020. The zero-order valence-corrected chi connectivity index (χ0v) is 22.8. The molecule has 3 atom stereocenters. The second-order valence-electron chi connectivity index (χ2n) is 11.8. The minimum absolute atomic E-state index is 0.210. The Kier molecular flexibility index (Phi) is 7.51. The molecular weight excluding hydrogens is 484 g/mol. The van der Waals surface area contributed by atoms with Crippen LogP contribution in [0.15, 0.2) is 18.2 Å². The number of hydrogen-bond acceptors (Lipinski definition) is 7. The van der Waals surface area contributed by atoms with E-state index in [1.165, 1.54) is 70.5 Å². The zero-order valence-electron chi connectivity index (χ0n) is 22.8. The molecule has 2 saturated carbocycles. The van der Waals surface area contributed by atoms with Crippen LogP contribution in [0.3, 0.4) is 0 Å². The molecule has 0 radical (unpaired) electrons. The summed E-state index contributed by atoms with van der Waals surface area (Å²) in [5, 5.41) is 2.49. The van der Waals surface area contributed by atoms with Gasteiger partial charge in [-0.1, -0.05) is 38.2 Å². The van der Waals surface area contributed by atoms with Gasteiger partial charge in [-0.05, 0) is 56.2 Å². The first-order chi connectivity index (χ1) is 18.5. The average molecular weight is 527 g/mol. The number of amides is 2. The van der Waals surface area contributed by atoms with Gasteiger partial charge in [-0.15, -0.1) is 0 Å². The van der Waals surface area contributed by atoms with Crippen LogP contribution < -0.4 is 15.2 Å². The topological polar surface area (TPSA) is 83.6 Å². The van der Waals surface area contributed by atoms with E-state index < -0.39 is 6.09 Å². The fourth-order valence-corrected chi connectivity index (χ4v) is 6.80. The molecule has 2 unspecified atom stereocenters. The Labute approximate surface area is 225 Å². The third-order valence-corrected chi connectivity index (χ3v) is 9.12. The van der Waals surface area contributed by atoms with Crippen LogP contribution in [-0.4, -0.2) is 74.8 Å². The number of fused-ring (bicyclic) bond motifs is 1. The molecule has 9 heteroatoms. The maximum absolute atomic E-state index is 13.3. The van der Waals surface area contributed by atoms with E-state index in [-0.39, 0.29) is 18.2 Å². The summed E-state index contributed by atoms with van der Waals surface area (Å²) < 4.78 is 16.0. The van der Waals surface area contributed by atoms with E-state index in [1.807, 2.05) is 13.0 Å². The van der Waals surface area contributed by atoms with Crippen LogP contribution in [0.4, 0.5) is 21.0 Å². The Morgan fingerprint density at radius 3 is 2.34 bits per heavy atom. The summed E-state index contributed by atoms with van der Waals surface area (Å²) in [6.07, 6.45) is 10.7. The SMILES string of the molecule is COC(=O)N1c2ccc(C3CN(C4CC4)NC3C3CCCCCCC3)cc2N(C(=O)OC2COC2)C[C@@H]1C. The van der Waals surface area contributed by atoms with Crippen LogP contribution in [0.5, 0.6) is 0 Å². The molecule has 1 aromatic rings. The molecule has 5 aliphatic rings. The number of methoxy groups -OCH3 is 1. The summed E-state index contributed by atoms with van der Waals surface area (Å²) in [7, 11) is 1.40. The highest BCUT2D eigenvalue weighted by Crippen LogP contribution is 2.43. The lowest BCUT2D eigenvalue weighted by atomic mass is 9.78. The van der Waals surface area contributed by atoms with Crippen LogP contribution in [0.1, 0.15) is 76.2 Å². The van der Waals surface area contributed by atoms with E-state index in [4.69, 9.17) is 14.2 Å².